The molecule has 1 amide bonds. The fraction of sp³-hybridized carbons (Fsp3) is 0.318. The molecule has 1 aromatic carbocycles. The van der Waals surface area contributed by atoms with Gasteiger partial charge in [-0.2, -0.15) is 18.3 Å². The molecule has 0 radical (unpaired) electrons. The lowest BCUT2D eigenvalue weighted by atomic mass is 9.93. The summed E-state index contributed by atoms with van der Waals surface area (Å²) in [4.78, 5) is 16.8. The highest BCUT2D eigenvalue weighted by Gasteiger charge is 2.33. The molecule has 2 N–H and O–H groups in total. The van der Waals surface area contributed by atoms with Gasteiger partial charge in [-0.1, -0.05) is 12.1 Å². The predicted molar refractivity (Wildman–Crippen MR) is 109 cm³/mol. The van der Waals surface area contributed by atoms with Gasteiger partial charge in [0.15, 0.2) is 0 Å². The van der Waals surface area contributed by atoms with Crippen LogP contribution in [0.5, 0.6) is 0 Å². The molecular formula is C22H21F4N5O. The van der Waals surface area contributed by atoms with E-state index in [1.807, 2.05) is 0 Å². The molecule has 2 atom stereocenters. The minimum absolute atomic E-state index is 0.0795. The molecule has 0 aliphatic carbocycles. The van der Waals surface area contributed by atoms with E-state index in [-0.39, 0.29) is 23.2 Å². The van der Waals surface area contributed by atoms with Gasteiger partial charge in [-0.3, -0.25) is 14.5 Å². The number of aromatic nitrogens is 3. The van der Waals surface area contributed by atoms with Crippen LogP contribution in [0.4, 0.5) is 17.6 Å². The molecule has 2 aromatic heterocycles. The second-order valence-corrected chi connectivity index (χ2v) is 7.81. The molecule has 32 heavy (non-hydrogen) atoms. The van der Waals surface area contributed by atoms with Crippen molar-refractivity contribution in [1.82, 2.24) is 25.4 Å². The van der Waals surface area contributed by atoms with Crippen molar-refractivity contribution in [2.24, 2.45) is 7.05 Å². The Kier molecular flexibility index (Phi) is 5.72. The van der Waals surface area contributed by atoms with Crippen LogP contribution >= 0.6 is 0 Å². The summed E-state index contributed by atoms with van der Waals surface area (Å²) in [6, 6.07) is 5.60. The number of nitrogens with one attached hydrogen (secondary N) is 2. The number of nitrogens with zero attached hydrogens (tertiary/aromatic N) is 3. The first kappa shape index (κ1) is 21.9. The molecule has 3 aromatic rings. The van der Waals surface area contributed by atoms with Crippen molar-refractivity contribution in [3.63, 3.8) is 0 Å². The van der Waals surface area contributed by atoms with Crippen LogP contribution in [0.2, 0.25) is 0 Å². The van der Waals surface area contributed by atoms with Gasteiger partial charge in [0.05, 0.1) is 23.0 Å². The number of hydrogen-bond donors (Lipinski definition) is 2. The van der Waals surface area contributed by atoms with Crippen molar-refractivity contribution in [1.29, 1.82) is 0 Å². The van der Waals surface area contributed by atoms with Gasteiger partial charge < -0.3 is 10.6 Å². The van der Waals surface area contributed by atoms with E-state index >= 15 is 0 Å². The second-order valence-electron chi connectivity index (χ2n) is 7.81. The molecule has 4 rings (SSSR count). The van der Waals surface area contributed by atoms with Gasteiger partial charge in [-0.15, -0.1) is 0 Å². The second kappa shape index (κ2) is 8.34. The van der Waals surface area contributed by atoms with Gasteiger partial charge in [0.2, 0.25) is 0 Å². The molecule has 3 heterocycles. The normalized spacial score (nSPS) is 18.7. The van der Waals surface area contributed by atoms with Crippen molar-refractivity contribution in [2.75, 3.05) is 13.1 Å². The van der Waals surface area contributed by atoms with Gasteiger partial charge in [0.1, 0.15) is 11.5 Å². The van der Waals surface area contributed by atoms with Crippen molar-refractivity contribution in [2.45, 2.75) is 25.1 Å². The number of aryl methyl sites for hydroxylation is 2. The average Bonchev–Trinajstić information content (AvgIpc) is 3.34. The molecule has 1 aliphatic rings. The minimum atomic E-state index is -4.41. The smallest absolute Gasteiger partial charge is 0.346 e. The lowest BCUT2D eigenvalue weighted by Crippen LogP contribution is -2.39. The zero-order valence-corrected chi connectivity index (χ0v) is 17.4. The van der Waals surface area contributed by atoms with E-state index in [2.05, 4.69) is 20.7 Å². The molecule has 10 heteroatoms. The maximum atomic E-state index is 14.8. The van der Waals surface area contributed by atoms with E-state index < -0.39 is 23.5 Å². The topological polar surface area (TPSA) is 71.8 Å². The number of pyridine rings is 1. The van der Waals surface area contributed by atoms with Crippen LogP contribution in [0, 0.1) is 12.7 Å². The van der Waals surface area contributed by atoms with Crippen LogP contribution in [0.3, 0.4) is 0 Å². The fourth-order valence-electron chi connectivity index (χ4n) is 4.01. The molecular weight excluding hydrogens is 426 g/mol. The van der Waals surface area contributed by atoms with Crippen LogP contribution in [0.15, 0.2) is 42.7 Å². The quantitative estimate of drug-likeness (QED) is 0.602. The Morgan fingerprint density at radius 3 is 2.50 bits per heavy atom. The van der Waals surface area contributed by atoms with Gasteiger partial charge in [0, 0.05) is 44.4 Å². The summed E-state index contributed by atoms with van der Waals surface area (Å²) in [5, 5.41) is 10.0. The van der Waals surface area contributed by atoms with E-state index in [9.17, 15) is 22.4 Å². The molecule has 168 valence electrons. The molecule has 0 saturated carbocycles. The Hall–Kier alpha value is -3.27. The number of benzene rings is 1. The zero-order valence-electron chi connectivity index (χ0n) is 17.4. The third kappa shape index (κ3) is 4.22. The summed E-state index contributed by atoms with van der Waals surface area (Å²) in [5.74, 6) is -1.37. The molecule has 6 nitrogen and oxygen atoms in total. The largest absolute Gasteiger partial charge is 0.416 e. The molecule has 0 bridgehead atoms. The standard InChI is InChI=1S/C22H21F4N5O/c1-12-8-29-31(2)20(12)16-10-28-18(7-17(16)23)21(32)30-19-11-27-9-15(19)13-3-5-14(6-4-13)22(24,25)26/h3-8,10,15,19,27H,9,11H2,1-2H3,(H,30,32)/t15-,19+/m1/s1. The third-order valence-electron chi connectivity index (χ3n) is 5.66. The summed E-state index contributed by atoms with van der Waals surface area (Å²) < 4.78 is 54.7. The minimum Gasteiger partial charge on any atom is -0.346 e. The Bertz CT molecular complexity index is 1120. The van der Waals surface area contributed by atoms with Gasteiger partial charge in [0.25, 0.3) is 5.91 Å². The maximum absolute atomic E-state index is 14.8. The van der Waals surface area contributed by atoms with Gasteiger partial charge >= 0.3 is 6.18 Å². The van der Waals surface area contributed by atoms with Gasteiger partial charge in [-0.05, 0) is 30.2 Å². The number of carbonyl (C=O) groups excluding carboxylic acids is 1. The summed E-state index contributed by atoms with van der Waals surface area (Å²) >= 11 is 0. The summed E-state index contributed by atoms with van der Waals surface area (Å²) in [7, 11) is 1.69. The predicted octanol–water partition coefficient (Wildman–Crippen LogP) is 3.43. The summed E-state index contributed by atoms with van der Waals surface area (Å²) in [6.07, 6.45) is -1.49. The van der Waals surface area contributed by atoms with E-state index in [0.717, 1.165) is 23.8 Å². The van der Waals surface area contributed by atoms with E-state index in [0.29, 0.717) is 24.3 Å². The molecule has 0 unspecified atom stereocenters. The monoisotopic (exact) mass is 447 g/mol. The summed E-state index contributed by atoms with van der Waals surface area (Å²) in [5.41, 5.74) is 1.46. The first-order valence-electron chi connectivity index (χ1n) is 9.98. The van der Waals surface area contributed by atoms with Crippen LogP contribution in [0.1, 0.15) is 33.1 Å². The van der Waals surface area contributed by atoms with Crippen molar-refractivity contribution >= 4 is 5.91 Å². The third-order valence-corrected chi connectivity index (χ3v) is 5.66. The number of hydrogen-bond acceptors (Lipinski definition) is 4. The highest BCUT2D eigenvalue weighted by atomic mass is 19.4. The molecule has 1 fully saturated rings. The van der Waals surface area contributed by atoms with Crippen molar-refractivity contribution in [3.8, 4) is 11.3 Å². The Morgan fingerprint density at radius 1 is 1.19 bits per heavy atom. The van der Waals surface area contributed by atoms with E-state index in [4.69, 9.17) is 0 Å². The Morgan fingerprint density at radius 2 is 1.91 bits per heavy atom. The van der Waals surface area contributed by atoms with E-state index in [1.165, 1.54) is 23.0 Å². The first-order chi connectivity index (χ1) is 15.1. The molecule has 0 spiro atoms. The zero-order chi connectivity index (χ0) is 23.0. The van der Waals surface area contributed by atoms with E-state index in [1.54, 1.807) is 20.2 Å². The molecule has 1 saturated heterocycles. The summed E-state index contributed by atoms with van der Waals surface area (Å²) in [6.45, 7) is 2.74. The number of halogens is 4. The number of alkyl halides is 3. The fourth-order valence-corrected chi connectivity index (χ4v) is 4.01. The Labute approximate surface area is 181 Å². The lowest BCUT2D eigenvalue weighted by Gasteiger charge is -2.21. The number of carbonyl (C=O) groups is 1. The highest BCUT2D eigenvalue weighted by molar-refractivity contribution is 5.93. The average molecular weight is 447 g/mol. The van der Waals surface area contributed by atoms with Crippen molar-refractivity contribution in [3.05, 3.63) is 70.9 Å². The maximum Gasteiger partial charge on any atom is 0.416 e. The van der Waals surface area contributed by atoms with Crippen LogP contribution in [0.25, 0.3) is 11.3 Å². The first-order valence-corrected chi connectivity index (χ1v) is 9.98. The van der Waals surface area contributed by atoms with Crippen LogP contribution < -0.4 is 10.6 Å². The van der Waals surface area contributed by atoms with Crippen molar-refractivity contribution < 1.29 is 22.4 Å². The number of amides is 1. The number of rotatable bonds is 4. The van der Waals surface area contributed by atoms with Crippen LogP contribution in [-0.4, -0.2) is 39.8 Å². The molecule has 1 aliphatic heterocycles. The SMILES string of the molecule is Cc1cnn(C)c1-c1cnc(C(=O)N[C@H]2CNC[C@@H]2c2ccc(C(F)(F)F)cc2)cc1F. The van der Waals surface area contributed by atoms with Crippen LogP contribution in [-0.2, 0) is 13.2 Å². The lowest BCUT2D eigenvalue weighted by molar-refractivity contribution is -0.137. The van der Waals surface area contributed by atoms with Gasteiger partial charge in [-0.25, -0.2) is 4.39 Å². The Balaban J connectivity index is 1.50. The highest BCUT2D eigenvalue weighted by Crippen LogP contribution is 2.31.